The van der Waals surface area contributed by atoms with Crippen molar-refractivity contribution < 1.29 is 18.3 Å². The van der Waals surface area contributed by atoms with E-state index in [1.165, 1.54) is 7.11 Å². The summed E-state index contributed by atoms with van der Waals surface area (Å²) in [5, 5.41) is 8.97. The molecule has 1 heterocycles. The average Bonchev–Trinajstić information content (AvgIpc) is 2.78. The van der Waals surface area contributed by atoms with Crippen molar-refractivity contribution in [3.8, 4) is 6.07 Å². The van der Waals surface area contributed by atoms with Crippen LogP contribution in [0.5, 0.6) is 0 Å². The lowest BCUT2D eigenvalue weighted by atomic mass is 9.70. The topological polar surface area (TPSA) is 63.0 Å². The molecule has 2 aliphatic rings. The highest BCUT2D eigenvalue weighted by atomic mass is 35.5. The van der Waals surface area contributed by atoms with Gasteiger partial charge in [0.1, 0.15) is 11.2 Å². The number of nitrogens with zero attached hydrogens (tertiary/aromatic N) is 2. The van der Waals surface area contributed by atoms with Crippen molar-refractivity contribution in [2.45, 2.75) is 43.9 Å². The number of hydrogen-bond acceptors (Lipinski definition) is 4. The van der Waals surface area contributed by atoms with Crippen LogP contribution in [0.15, 0.2) is 0 Å². The van der Waals surface area contributed by atoms with Crippen LogP contribution in [0.4, 0.5) is 8.78 Å². The molecule has 0 N–H and O–H groups in total. The third kappa shape index (κ3) is 2.67. The van der Waals surface area contributed by atoms with Gasteiger partial charge in [-0.1, -0.05) is 11.6 Å². The molecule has 0 saturated heterocycles. The number of fused-ring (bicyclic) bond motifs is 1. The van der Waals surface area contributed by atoms with E-state index in [9.17, 15) is 13.6 Å². The van der Waals surface area contributed by atoms with Gasteiger partial charge in [-0.15, -0.1) is 0 Å². The largest absolute Gasteiger partial charge is 0.469 e. The summed E-state index contributed by atoms with van der Waals surface area (Å²) in [6, 6.07) is 1.76. The van der Waals surface area contributed by atoms with Gasteiger partial charge in [-0.3, -0.25) is 4.79 Å². The molecule has 122 valence electrons. The van der Waals surface area contributed by atoms with Gasteiger partial charge in [0.25, 0.3) is 5.92 Å². The highest BCUT2D eigenvalue weighted by Gasteiger charge is 2.46. The van der Waals surface area contributed by atoms with Crippen LogP contribution in [-0.4, -0.2) is 18.1 Å². The van der Waals surface area contributed by atoms with Crippen LogP contribution in [0.25, 0.3) is 0 Å². The van der Waals surface area contributed by atoms with E-state index in [2.05, 4.69) is 9.72 Å². The normalized spacial score (nSPS) is 24.5. The summed E-state index contributed by atoms with van der Waals surface area (Å²) in [5.74, 6) is -3.11. The molecule has 0 radical (unpaired) electrons. The minimum Gasteiger partial charge on any atom is -0.469 e. The van der Waals surface area contributed by atoms with E-state index in [1.54, 1.807) is 6.07 Å². The van der Waals surface area contributed by atoms with Gasteiger partial charge < -0.3 is 4.74 Å². The molecule has 3 rings (SSSR count). The number of rotatable bonds is 3. The first-order valence-electron chi connectivity index (χ1n) is 7.44. The molecule has 0 unspecified atom stereocenters. The maximum Gasteiger partial charge on any atom is 0.305 e. The van der Waals surface area contributed by atoms with Crippen molar-refractivity contribution in [3.63, 3.8) is 0 Å². The number of carbonyl (C=O) groups is 1. The Morgan fingerprint density at radius 1 is 1.52 bits per heavy atom. The highest BCUT2D eigenvalue weighted by molar-refractivity contribution is 6.30. The monoisotopic (exact) mass is 340 g/mol. The Morgan fingerprint density at radius 2 is 2.22 bits per heavy atom. The molecule has 0 bridgehead atoms. The van der Waals surface area contributed by atoms with Gasteiger partial charge in [0.05, 0.1) is 12.7 Å². The fourth-order valence-corrected chi connectivity index (χ4v) is 3.79. The Morgan fingerprint density at radius 3 is 2.83 bits per heavy atom. The summed E-state index contributed by atoms with van der Waals surface area (Å²) in [6.45, 7) is 0. The second-order valence-electron chi connectivity index (χ2n) is 6.15. The van der Waals surface area contributed by atoms with Crippen LogP contribution in [-0.2, 0) is 21.9 Å². The Hall–Kier alpha value is -1.74. The van der Waals surface area contributed by atoms with Gasteiger partial charge >= 0.3 is 5.97 Å². The molecule has 0 atom stereocenters. The van der Waals surface area contributed by atoms with E-state index < -0.39 is 5.92 Å². The number of aromatic nitrogens is 1. The Kier molecular flexibility index (Phi) is 4.01. The maximum atomic E-state index is 14.1. The molecule has 0 aliphatic heterocycles. The molecular formula is C16H15ClF2N2O2. The molecule has 23 heavy (non-hydrogen) atoms. The lowest BCUT2D eigenvalue weighted by molar-refractivity contribution is -0.142. The van der Waals surface area contributed by atoms with Crippen molar-refractivity contribution in [3.05, 3.63) is 27.5 Å². The first-order valence-corrected chi connectivity index (χ1v) is 7.82. The number of ether oxygens (including phenoxy) is 1. The zero-order valence-electron chi connectivity index (χ0n) is 12.5. The molecule has 2 aliphatic carbocycles. The molecule has 4 nitrogen and oxygen atoms in total. The smallest absolute Gasteiger partial charge is 0.305 e. The Labute approximate surface area is 137 Å². The quantitative estimate of drug-likeness (QED) is 0.621. The van der Waals surface area contributed by atoms with Gasteiger partial charge in [0.15, 0.2) is 0 Å². The van der Waals surface area contributed by atoms with Crippen LogP contribution in [0, 0.1) is 17.2 Å². The molecule has 7 heteroatoms. The molecule has 0 spiro atoms. The van der Waals surface area contributed by atoms with Gasteiger partial charge in [0.2, 0.25) is 0 Å². The van der Waals surface area contributed by atoms with Crippen LogP contribution in [0.2, 0.25) is 5.15 Å². The zero-order chi connectivity index (χ0) is 16.8. The van der Waals surface area contributed by atoms with Crippen LogP contribution in [0.3, 0.4) is 0 Å². The average molecular weight is 341 g/mol. The number of hydrogen-bond donors (Lipinski definition) is 0. The maximum absolute atomic E-state index is 14.1. The molecule has 1 aromatic heterocycles. The van der Waals surface area contributed by atoms with Gasteiger partial charge in [0, 0.05) is 30.0 Å². The fourth-order valence-electron chi connectivity index (χ4n) is 3.56. The van der Waals surface area contributed by atoms with Gasteiger partial charge in [-0.25, -0.2) is 13.8 Å². The van der Waals surface area contributed by atoms with Crippen LogP contribution in [0.1, 0.15) is 54.0 Å². The van der Waals surface area contributed by atoms with Crippen molar-refractivity contribution in [1.82, 2.24) is 4.98 Å². The number of esters is 1. The van der Waals surface area contributed by atoms with Gasteiger partial charge in [-0.2, -0.15) is 5.26 Å². The standard InChI is InChI=1S/C16H15ClF2N2O2/c1-23-12(22)6-8-4-9(5-8)14-10-2-3-16(18,19)13(10)11(7-20)15(17)21-14/h8-9H,2-6H2,1H3. The number of alkyl halides is 2. The van der Waals surface area contributed by atoms with Crippen molar-refractivity contribution in [2.75, 3.05) is 7.11 Å². The molecule has 1 fully saturated rings. The number of pyridine rings is 1. The van der Waals surface area contributed by atoms with E-state index in [1.807, 2.05) is 0 Å². The molecule has 0 amide bonds. The lowest BCUT2D eigenvalue weighted by Crippen LogP contribution is -2.27. The minimum absolute atomic E-state index is 0.0116. The molecule has 1 aromatic rings. The third-order valence-corrected chi connectivity index (χ3v) is 5.03. The van der Waals surface area contributed by atoms with E-state index in [-0.39, 0.29) is 46.9 Å². The SMILES string of the molecule is COC(=O)CC1CC(c2nc(Cl)c(C#N)c3c2CCC3(F)F)C1. The zero-order valence-corrected chi connectivity index (χ0v) is 13.3. The highest BCUT2D eigenvalue weighted by Crippen LogP contribution is 2.51. The summed E-state index contributed by atoms with van der Waals surface area (Å²) >= 11 is 5.97. The van der Waals surface area contributed by atoms with E-state index in [0.29, 0.717) is 30.5 Å². The predicted octanol–water partition coefficient (Wildman–Crippen LogP) is 3.70. The summed E-state index contributed by atoms with van der Waals surface area (Å²) in [7, 11) is 1.34. The second kappa shape index (κ2) is 5.72. The summed E-state index contributed by atoms with van der Waals surface area (Å²) in [4.78, 5) is 15.5. The first-order chi connectivity index (χ1) is 10.9. The van der Waals surface area contributed by atoms with Gasteiger partial charge in [-0.05, 0) is 30.7 Å². The Balaban J connectivity index is 1.89. The second-order valence-corrected chi connectivity index (χ2v) is 6.51. The number of nitriles is 1. The van der Waals surface area contributed by atoms with Crippen LogP contribution < -0.4 is 0 Å². The third-order valence-electron chi connectivity index (χ3n) is 4.76. The summed E-state index contributed by atoms with van der Waals surface area (Å²) in [5.41, 5.74) is 0.588. The number of carbonyl (C=O) groups excluding carboxylic acids is 1. The van der Waals surface area contributed by atoms with E-state index >= 15 is 0 Å². The number of methoxy groups -OCH3 is 1. The summed E-state index contributed by atoms with van der Waals surface area (Å²) in [6.07, 6.45) is 1.61. The van der Waals surface area contributed by atoms with E-state index in [0.717, 1.165) is 0 Å². The Bertz CT molecular complexity index is 709. The first kappa shape index (κ1) is 16.1. The lowest BCUT2D eigenvalue weighted by Gasteiger charge is -2.35. The van der Waals surface area contributed by atoms with Crippen molar-refractivity contribution >= 4 is 17.6 Å². The predicted molar refractivity (Wildman–Crippen MR) is 78.3 cm³/mol. The fraction of sp³-hybridized carbons (Fsp3) is 0.562. The molecule has 0 aromatic carbocycles. The van der Waals surface area contributed by atoms with E-state index in [4.69, 9.17) is 16.9 Å². The summed E-state index contributed by atoms with van der Waals surface area (Å²) < 4.78 is 32.9. The molecular weight excluding hydrogens is 326 g/mol. The number of halogens is 3. The van der Waals surface area contributed by atoms with Crippen molar-refractivity contribution in [2.24, 2.45) is 5.92 Å². The van der Waals surface area contributed by atoms with Crippen molar-refractivity contribution in [1.29, 1.82) is 5.26 Å². The van der Waals surface area contributed by atoms with Crippen LogP contribution >= 0.6 is 11.6 Å². The minimum atomic E-state index is -3.03. The molecule has 1 saturated carbocycles.